The van der Waals surface area contributed by atoms with Gasteiger partial charge in [-0.15, -0.1) is 0 Å². The van der Waals surface area contributed by atoms with Crippen LogP contribution in [-0.2, 0) is 9.59 Å². The van der Waals surface area contributed by atoms with Crippen LogP contribution in [0.4, 0.5) is 11.4 Å². The normalized spacial score (nSPS) is 19.7. The fourth-order valence-electron chi connectivity index (χ4n) is 5.02. The van der Waals surface area contributed by atoms with Crippen LogP contribution in [0.15, 0.2) is 42.5 Å². The summed E-state index contributed by atoms with van der Waals surface area (Å²) in [6.45, 7) is 5.16. The highest BCUT2D eigenvalue weighted by molar-refractivity contribution is 6.21. The number of imide groups is 1. The molecule has 5 rings (SSSR count). The van der Waals surface area contributed by atoms with Gasteiger partial charge in [-0.05, 0) is 63.2 Å². The van der Waals surface area contributed by atoms with Crippen LogP contribution in [0.1, 0.15) is 53.3 Å². The highest BCUT2D eigenvalue weighted by Crippen LogP contribution is 2.36. The number of nitrogens with one attached hydrogen (secondary N) is 1. The summed E-state index contributed by atoms with van der Waals surface area (Å²) >= 11 is 0. The van der Waals surface area contributed by atoms with Gasteiger partial charge in [0.2, 0.25) is 5.91 Å². The smallest absolute Gasteiger partial charge is 0.267 e. The molecule has 1 atom stereocenters. The van der Waals surface area contributed by atoms with E-state index in [1.807, 2.05) is 0 Å². The second-order valence-electron chi connectivity index (χ2n) is 9.44. The lowest BCUT2D eigenvalue weighted by Crippen LogP contribution is -2.48. The lowest BCUT2D eigenvalue weighted by Gasteiger charge is -2.35. The van der Waals surface area contributed by atoms with Crippen LogP contribution in [0.25, 0.3) is 0 Å². The van der Waals surface area contributed by atoms with Crippen molar-refractivity contribution in [3.05, 3.63) is 53.6 Å². The van der Waals surface area contributed by atoms with Gasteiger partial charge in [-0.2, -0.15) is 0 Å². The number of rotatable bonds is 7. The second-order valence-corrected chi connectivity index (χ2v) is 9.44. The molecule has 9 nitrogen and oxygen atoms in total. The second kappa shape index (κ2) is 10.1. The SMILES string of the molecule is CC1Oc2ccc(NC(=O)CCN3C(=O)c4ccccc4C3=O)cc2N(CCN2CCCCC2)C1=O. The Balaban J connectivity index is 1.23. The van der Waals surface area contributed by atoms with Gasteiger partial charge in [0.25, 0.3) is 17.7 Å². The lowest BCUT2D eigenvalue weighted by molar-refractivity contribution is -0.125. The fraction of sp³-hybridized carbons (Fsp3) is 0.407. The number of carbonyl (C=O) groups excluding carboxylic acids is 4. The van der Waals surface area contributed by atoms with Gasteiger partial charge in [0.1, 0.15) is 5.75 Å². The van der Waals surface area contributed by atoms with Crippen LogP contribution in [0.3, 0.4) is 0 Å². The van der Waals surface area contributed by atoms with Gasteiger partial charge in [-0.3, -0.25) is 24.1 Å². The van der Waals surface area contributed by atoms with Crippen LogP contribution in [-0.4, -0.2) is 72.3 Å². The molecule has 1 fully saturated rings. The predicted molar refractivity (Wildman–Crippen MR) is 134 cm³/mol. The van der Waals surface area contributed by atoms with Crippen molar-refractivity contribution >= 4 is 35.0 Å². The number of nitrogens with zero attached hydrogens (tertiary/aromatic N) is 3. The third-order valence-corrected chi connectivity index (χ3v) is 6.98. The van der Waals surface area contributed by atoms with Crippen molar-refractivity contribution in [1.82, 2.24) is 9.80 Å². The van der Waals surface area contributed by atoms with Crippen molar-refractivity contribution < 1.29 is 23.9 Å². The third kappa shape index (κ3) is 4.70. The molecule has 188 valence electrons. The van der Waals surface area contributed by atoms with Gasteiger partial charge >= 0.3 is 0 Å². The molecule has 36 heavy (non-hydrogen) atoms. The van der Waals surface area contributed by atoms with Crippen LogP contribution < -0.4 is 15.0 Å². The summed E-state index contributed by atoms with van der Waals surface area (Å²) in [5.74, 6) is -0.598. The monoisotopic (exact) mass is 490 g/mol. The van der Waals surface area contributed by atoms with Crippen molar-refractivity contribution in [1.29, 1.82) is 0 Å². The first kappa shape index (κ1) is 24.0. The summed E-state index contributed by atoms with van der Waals surface area (Å²) in [6.07, 6.45) is 3.01. The molecular weight excluding hydrogens is 460 g/mol. The number of fused-ring (bicyclic) bond motifs is 2. The van der Waals surface area contributed by atoms with E-state index in [0.717, 1.165) is 24.5 Å². The van der Waals surface area contributed by atoms with Gasteiger partial charge in [-0.1, -0.05) is 18.6 Å². The zero-order chi connectivity index (χ0) is 25.2. The number of benzene rings is 2. The van der Waals surface area contributed by atoms with Crippen molar-refractivity contribution in [2.24, 2.45) is 0 Å². The third-order valence-electron chi connectivity index (χ3n) is 6.98. The number of ether oxygens (including phenoxy) is 1. The van der Waals surface area contributed by atoms with Crippen LogP contribution in [0.2, 0.25) is 0 Å². The Hall–Kier alpha value is -3.72. The molecule has 9 heteroatoms. The molecule has 0 saturated carbocycles. The molecule has 0 aromatic heterocycles. The average molecular weight is 491 g/mol. The van der Waals surface area contributed by atoms with Crippen molar-refractivity contribution in [3.8, 4) is 5.75 Å². The topological polar surface area (TPSA) is 99.3 Å². The molecule has 0 aliphatic carbocycles. The van der Waals surface area contributed by atoms with Crippen LogP contribution in [0.5, 0.6) is 5.75 Å². The maximum Gasteiger partial charge on any atom is 0.267 e. The molecule has 0 radical (unpaired) electrons. The summed E-state index contributed by atoms with van der Waals surface area (Å²) in [5, 5.41) is 2.83. The van der Waals surface area contributed by atoms with Gasteiger partial charge in [0.15, 0.2) is 6.10 Å². The standard InChI is InChI=1S/C27H30N4O5/c1-18-25(33)30(16-15-29-12-5-2-6-13-29)22-17-19(9-10-23(22)36-18)28-24(32)11-14-31-26(34)20-7-3-4-8-21(20)27(31)35/h3-4,7-10,17-18H,2,5-6,11-16H2,1H3,(H,28,32). The number of likely N-dealkylation sites (tertiary alicyclic amines) is 1. The number of anilines is 2. The summed E-state index contributed by atoms with van der Waals surface area (Å²) < 4.78 is 5.80. The van der Waals surface area contributed by atoms with E-state index in [4.69, 9.17) is 4.74 Å². The number of amides is 4. The number of piperidine rings is 1. The first-order valence-corrected chi connectivity index (χ1v) is 12.5. The lowest BCUT2D eigenvalue weighted by atomic mass is 10.1. The molecule has 4 amide bonds. The molecule has 2 aromatic carbocycles. The van der Waals surface area contributed by atoms with Gasteiger partial charge in [0.05, 0.1) is 16.8 Å². The van der Waals surface area contributed by atoms with Gasteiger partial charge < -0.3 is 19.9 Å². The largest absolute Gasteiger partial charge is 0.479 e. The molecule has 1 unspecified atom stereocenters. The van der Waals surface area contributed by atoms with E-state index in [-0.39, 0.29) is 36.6 Å². The summed E-state index contributed by atoms with van der Waals surface area (Å²) in [4.78, 5) is 55.9. The molecule has 0 bridgehead atoms. The maximum absolute atomic E-state index is 12.9. The zero-order valence-corrected chi connectivity index (χ0v) is 20.4. The molecule has 1 N–H and O–H groups in total. The van der Waals surface area contributed by atoms with E-state index in [2.05, 4.69) is 10.2 Å². The minimum absolute atomic E-state index is 0.00973. The van der Waals surface area contributed by atoms with Crippen molar-refractivity contribution in [2.45, 2.75) is 38.7 Å². The van der Waals surface area contributed by atoms with Crippen LogP contribution >= 0.6 is 0 Å². The van der Waals surface area contributed by atoms with E-state index in [1.54, 1.807) is 54.3 Å². The minimum Gasteiger partial charge on any atom is -0.479 e. The molecule has 3 heterocycles. The zero-order valence-electron chi connectivity index (χ0n) is 20.4. The predicted octanol–water partition coefficient (Wildman–Crippen LogP) is 2.91. The Morgan fingerprint density at radius 2 is 1.61 bits per heavy atom. The van der Waals surface area contributed by atoms with Crippen molar-refractivity contribution in [2.75, 3.05) is 42.9 Å². The summed E-state index contributed by atoms with van der Waals surface area (Å²) in [6, 6.07) is 11.9. The van der Waals surface area contributed by atoms with E-state index in [0.29, 0.717) is 34.8 Å². The Morgan fingerprint density at radius 1 is 0.917 bits per heavy atom. The quantitative estimate of drug-likeness (QED) is 0.600. The number of hydrogen-bond acceptors (Lipinski definition) is 6. The molecule has 3 aliphatic rings. The Bertz CT molecular complexity index is 1170. The molecule has 1 saturated heterocycles. The van der Waals surface area contributed by atoms with E-state index in [9.17, 15) is 19.2 Å². The molecule has 0 spiro atoms. The summed E-state index contributed by atoms with van der Waals surface area (Å²) in [7, 11) is 0. The van der Waals surface area contributed by atoms with Crippen molar-refractivity contribution in [3.63, 3.8) is 0 Å². The first-order chi connectivity index (χ1) is 17.4. The maximum atomic E-state index is 12.9. The summed E-state index contributed by atoms with van der Waals surface area (Å²) in [5.41, 5.74) is 1.88. The first-order valence-electron chi connectivity index (χ1n) is 12.5. The van der Waals surface area contributed by atoms with E-state index >= 15 is 0 Å². The highest BCUT2D eigenvalue weighted by atomic mass is 16.5. The highest BCUT2D eigenvalue weighted by Gasteiger charge is 2.35. The fourth-order valence-corrected chi connectivity index (χ4v) is 5.02. The van der Waals surface area contributed by atoms with Gasteiger partial charge in [-0.25, -0.2) is 0 Å². The average Bonchev–Trinajstić information content (AvgIpc) is 3.13. The van der Waals surface area contributed by atoms with E-state index < -0.39 is 6.10 Å². The Labute approximate surface area is 210 Å². The molecule has 3 aliphatic heterocycles. The van der Waals surface area contributed by atoms with Gasteiger partial charge in [0, 0.05) is 31.7 Å². The Morgan fingerprint density at radius 3 is 2.31 bits per heavy atom. The Kier molecular flexibility index (Phi) is 6.73. The number of hydrogen-bond donors (Lipinski definition) is 1. The number of carbonyl (C=O) groups is 4. The molecule has 2 aromatic rings. The minimum atomic E-state index is -0.570. The molecular formula is C27H30N4O5. The van der Waals surface area contributed by atoms with E-state index in [1.165, 1.54) is 19.3 Å². The van der Waals surface area contributed by atoms with Crippen LogP contribution in [0, 0.1) is 0 Å².